The van der Waals surface area contributed by atoms with E-state index in [1.54, 1.807) is 6.07 Å². The van der Waals surface area contributed by atoms with E-state index in [9.17, 15) is 4.39 Å². The molecular formula is C18H21FN2O. The molecule has 1 aromatic carbocycles. The number of halogens is 1. The first kappa shape index (κ1) is 15.1. The molecule has 1 aromatic heterocycles. The zero-order valence-corrected chi connectivity index (χ0v) is 12.8. The summed E-state index contributed by atoms with van der Waals surface area (Å²) in [7, 11) is 0. The van der Waals surface area contributed by atoms with E-state index >= 15 is 0 Å². The van der Waals surface area contributed by atoms with Gasteiger partial charge in [-0.3, -0.25) is 9.88 Å². The van der Waals surface area contributed by atoms with E-state index < -0.39 is 0 Å². The van der Waals surface area contributed by atoms with Crippen molar-refractivity contribution in [3.8, 4) is 11.1 Å². The third kappa shape index (κ3) is 3.03. The molecule has 22 heavy (non-hydrogen) atoms. The summed E-state index contributed by atoms with van der Waals surface area (Å²) in [6.45, 7) is 4.35. The number of aliphatic hydroxyl groups is 1. The van der Waals surface area contributed by atoms with Gasteiger partial charge in [0.15, 0.2) is 0 Å². The summed E-state index contributed by atoms with van der Waals surface area (Å²) in [5.74, 6) is -0.363. The average molecular weight is 300 g/mol. The second kappa shape index (κ2) is 6.55. The molecule has 4 heteroatoms. The van der Waals surface area contributed by atoms with Crippen LogP contribution in [0.15, 0.2) is 36.5 Å². The molecule has 0 saturated carbocycles. The van der Waals surface area contributed by atoms with Crippen LogP contribution in [0.4, 0.5) is 4.39 Å². The number of hydrogen-bond donors (Lipinski definition) is 1. The van der Waals surface area contributed by atoms with Gasteiger partial charge in [0, 0.05) is 11.6 Å². The van der Waals surface area contributed by atoms with Crippen LogP contribution in [0, 0.1) is 5.82 Å². The lowest BCUT2D eigenvalue weighted by Crippen LogP contribution is -2.23. The molecule has 0 radical (unpaired) electrons. The van der Waals surface area contributed by atoms with E-state index in [0.29, 0.717) is 17.3 Å². The molecule has 1 aliphatic heterocycles. The Hall–Kier alpha value is -1.78. The van der Waals surface area contributed by atoms with E-state index in [1.807, 2.05) is 12.1 Å². The van der Waals surface area contributed by atoms with Crippen molar-refractivity contribution in [3.63, 3.8) is 0 Å². The van der Waals surface area contributed by atoms with Crippen LogP contribution in [0.2, 0.25) is 0 Å². The van der Waals surface area contributed by atoms with Crippen LogP contribution < -0.4 is 0 Å². The SMILES string of the molecule is CC(c1ccc(-c2cc(CO)ncc2F)cc1)N1CCCC1. The standard InChI is InChI=1S/C18H21FN2O/c1-13(21-8-2-3-9-21)14-4-6-15(7-5-14)17-10-16(12-22)20-11-18(17)19/h4-7,10-11,13,22H,2-3,8-9,12H2,1H3. The molecule has 2 heterocycles. The van der Waals surface area contributed by atoms with Gasteiger partial charge in [0.05, 0.1) is 18.5 Å². The summed E-state index contributed by atoms with van der Waals surface area (Å²) in [5, 5.41) is 9.15. The van der Waals surface area contributed by atoms with Gasteiger partial charge in [-0.25, -0.2) is 4.39 Å². The van der Waals surface area contributed by atoms with E-state index in [0.717, 1.165) is 18.7 Å². The monoisotopic (exact) mass is 300 g/mol. The highest BCUT2D eigenvalue weighted by Gasteiger charge is 2.19. The Kier molecular flexibility index (Phi) is 4.50. The maximum Gasteiger partial charge on any atom is 0.149 e. The van der Waals surface area contributed by atoms with Crippen LogP contribution in [0.1, 0.15) is 37.1 Å². The van der Waals surface area contributed by atoms with Crippen molar-refractivity contribution in [1.82, 2.24) is 9.88 Å². The summed E-state index contributed by atoms with van der Waals surface area (Å²) in [6.07, 6.45) is 3.71. The van der Waals surface area contributed by atoms with Gasteiger partial charge < -0.3 is 5.11 Å². The van der Waals surface area contributed by atoms with Crippen molar-refractivity contribution >= 4 is 0 Å². The van der Waals surface area contributed by atoms with Gasteiger partial charge in [0.2, 0.25) is 0 Å². The molecule has 3 rings (SSSR count). The number of hydrogen-bond acceptors (Lipinski definition) is 3. The zero-order valence-electron chi connectivity index (χ0n) is 12.8. The number of likely N-dealkylation sites (tertiary alicyclic amines) is 1. The van der Waals surface area contributed by atoms with Crippen molar-refractivity contribution < 1.29 is 9.50 Å². The Balaban J connectivity index is 1.84. The molecule has 2 aromatic rings. The highest BCUT2D eigenvalue weighted by molar-refractivity contribution is 5.64. The number of rotatable bonds is 4. The molecule has 116 valence electrons. The fourth-order valence-electron chi connectivity index (χ4n) is 3.07. The van der Waals surface area contributed by atoms with E-state index in [1.165, 1.54) is 24.6 Å². The minimum absolute atomic E-state index is 0.183. The Labute approximate surface area is 130 Å². The maximum absolute atomic E-state index is 13.9. The lowest BCUT2D eigenvalue weighted by atomic mass is 10.0. The van der Waals surface area contributed by atoms with Crippen LogP contribution in [-0.4, -0.2) is 28.1 Å². The number of aliphatic hydroxyl groups excluding tert-OH is 1. The highest BCUT2D eigenvalue weighted by Crippen LogP contribution is 2.28. The van der Waals surface area contributed by atoms with Gasteiger partial charge in [-0.15, -0.1) is 0 Å². The number of aromatic nitrogens is 1. The molecule has 1 atom stereocenters. The minimum atomic E-state index is -0.363. The number of nitrogens with zero attached hydrogens (tertiary/aromatic N) is 2. The van der Waals surface area contributed by atoms with Crippen LogP contribution in [-0.2, 0) is 6.61 Å². The first-order chi connectivity index (χ1) is 10.7. The average Bonchev–Trinajstić information content (AvgIpc) is 3.09. The second-order valence-electron chi connectivity index (χ2n) is 5.85. The summed E-state index contributed by atoms with van der Waals surface area (Å²) < 4.78 is 13.9. The Morgan fingerprint density at radius 1 is 1.23 bits per heavy atom. The molecule has 1 aliphatic rings. The van der Waals surface area contributed by atoms with Crippen LogP contribution in [0.25, 0.3) is 11.1 Å². The minimum Gasteiger partial charge on any atom is -0.390 e. The summed E-state index contributed by atoms with van der Waals surface area (Å²) in [4.78, 5) is 6.33. The summed E-state index contributed by atoms with van der Waals surface area (Å²) in [5.41, 5.74) is 3.03. The molecule has 1 saturated heterocycles. The molecular weight excluding hydrogens is 279 g/mol. The summed E-state index contributed by atoms with van der Waals surface area (Å²) >= 11 is 0. The first-order valence-corrected chi connectivity index (χ1v) is 7.78. The van der Waals surface area contributed by atoms with Gasteiger partial charge >= 0.3 is 0 Å². The fraction of sp³-hybridized carbons (Fsp3) is 0.389. The number of pyridine rings is 1. The van der Waals surface area contributed by atoms with Crippen molar-refractivity contribution in [2.75, 3.05) is 13.1 Å². The van der Waals surface area contributed by atoms with Crippen molar-refractivity contribution in [2.24, 2.45) is 0 Å². The Morgan fingerprint density at radius 2 is 1.91 bits per heavy atom. The van der Waals surface area contributed by atoms with E-state index in [-0.39, 0.29) is 12.4 Å². The van der Waals surface area contributed by atoms with Crippen molar-refractivity contribution in [3.05, 3.63) is 53.6 Å². The van der Waals surface area contributed by atoms with Gasteiger partial charge in [0.1, 0.15) is 5.82 Å². The lowest BCUT2D eigenvalue weighted by Gasteiger charge is -2.24. The largest absolute Gasteiger partial charge is 0.390 e. The fourth-order valence-corrected chi connectivity index (χ4v) is 3.07. The maximum atomic E-state index is 13.9. The van der Waals surface area contributed by atoms with E-state index in [2.05, 4.69) is 28.9 Å². The zero-order chi connectivity index (χ0) is 15.5. The molecule has 1 fully saturated rings. The molecule has 0 amide bonds. The second-order valence-corrected chi connectivity index (χ2v) is 5.85. The lowest BCUT2D eigenvalue weighted by molar-refractivity contribution is 0.263. The topological polar surface area (TPSA) is 36.4 Å². The van der Waals surface area contributed by atoms with Crippen molar-refractivity contribution in [1.29, 1.82) is 0 Å². The molecule has 0 bridgehead atoms. The van der Waals surface area contributed by atoms with Gasteiger partial charge in [0.25, 0.3) is 0 Å². The van der Waals surface area contributed by atoms with Gasteiger partial charge in [-0.2, -0.15) is 0 Å². The van der Waals surface area contributed by atoms with Crippen LogP contribution >= 0.6 is 0 Å². The third-order valence-corrected chi connectivity index (χ3v) is 4.47. The third-order valence-electron chi connectivity index (χ3n) is 4.47. The predicted octanol–water partition coefficient (Wildman–Crippen LogP) is 3.54. The molecule has 0 spiro atoms. The Morgan fingerprint density at radius 3 is 2.55 bits per heavy atom. The van der Waals surface area contributed by atoms with Gasteiger partial charge in [-0.1, -0.05) is 24.3 Å². The molecule has 1 unspecified atom stereocenters. The van der Waals surface area contributed by atoms with Crippen molar-refractivity contribution in [2.45, 2.75) is 32.4 Å². The number of benzene rings is 1. The quantitative estimate of drug-likeness (QED) is 0.938. The molecule has 0 aliphatic carbocycles. The summed E-state index contributed by atoms with van der Waals surface area (Å²) in [6, 6.07) is 10.0. The first-order valence-electron chi connectivity index (χ1n) is 7.78. The highest BCUT2D eigenvalue weighted by atomic mass is 19.1. The Bertz CT molecular complexity index is 636. The van der Waals surface area contributed by atoms with Crippen LogP contribution in [0.3, 0.4) is 0 Å². The molecule has 1 N–H and O–H groups in total. The van der Waals surface area contributed by atoms with Gasteiger partial charge in [-0.05, 0) is 50.0 Å². The van der Waals surface area contributed by atoms with Crippen LogP contribution in [0.5, 0.6) is 0 Å². The smallest absolute Gasteiger partial charge is 0.149 e. The predicted molar refractivity (Wildman–Crippen MR) is 84.8 cm³/mol. The normalized spacial score (nSPS) is 16.9. The molecule has 3 nitrogen and oxygen atoms in total. The van der Waals surface area contributed by atoms with E-state index in [4.69, 9.17) is 5.11 Å².